The summed E-state index contributed by atoms with van der Waals surface area (Å²) in [4.78, 5) is 4.47. The lowest BCUT2D eigenvalue weighted by molar-refractivity contribution is 0.584. The van der Waals surface area contributed by atoms with Crippen molar-refractivity contribution >= 4 is 22.4 Å². The van der Waals surface area contributed by atoms with Gasteiger partial charge in [0.15, 0.2) is 0 Å². The van der Waals surface area contributed by atoms with Crippen LogP contribution in [-0.4, -0.2) is 25.8 Å². The Kier molecular flexibility index (Phi) is 3.73. The predicted octanol–water partition coefficient (Wildman–Crippen LogP) is 2.99. The standard InChI is InChI=1S/C15H19N5S/c1-9(2)16-7-14-18-19-15(21-14)20-8-17-12-5-10(3)11(4)6-13(12)20/h5-6,8-9,16H,7H2,1-4H3. The fraction of sp³-hybridized carbons (Fsp3) is 0.400. The van der Waals surface area contributed by atoms with E-state index in [1.165, 1.54) is 11.1 Å². The van der Waals surface area contributed by atoms with Crippen LogP contribution < -0.4 is 5.32 Å². The van der Waals surface area contributed by atoms with Gasteiger partial charge in [0, 0.05) is 12.6 Å². The second-order valence-corrected chi connectivity index (χ2v) is 6.59. The molecule has 3 rings (SSSR count). The van der Waals surface area contributed by atoms with E-state index in [4.69, 9.17) is 0 Å². The molecule has 0 fully saturated rings. The molecule has 0 unspecified atom stereocenters. The summed E-state index contributed by atoms with van der Waals surface area (Å²) < 4.78 is 2.01. The van der Waals surface area contributed by atoms with Crippen LogP contribution in [0.15, 0.2) is 18.5 Å². The van der Waals surface area contributed by atoms with E-state index in [9.17, 15) is 0 Å². The van der Waals surface area contributed by atoms with Gasteiger partial charge in [-0.25, -0.2) is 4.98 Å². The summed E-state index contributed by atoms with van der Waals surface area (Å²) >= 11 is 1.60. The van der Waals surface area contributed by atoms with Crippen LogP contribution in [0.3, 0.4) is 0 Å². The largest absolute Gasteiger partial charge is 0.308 e. The third kappa shape index (κ3) is 2.82. The van der Waals surface area contributed by atoms with E-state index >= 15 is 0 Å². The van der Waals surface area contributed by atoms with Crippen molar-refractivity contribution in [2.75, 3.05) is 0 Å². The molecule has 0 aliphatic carbocycles. The lowest BCUT2D eigenvalue weighted by atomic mass is 10.1. The van der Waals surface area contributed by atoms with Crippen molar-refractivity contribution in [3.63, 3.8) is 0 Å². The minimum Gasteiger partial charge on any atom is -0.308 e. The number of aryl methyl sites for hydroxylation is 2. The van der Waals surface area contributed by atoms with E-state index in [0.717, 1.165) is 27.7 Å². The van der Waals surface area contributed by atoms with E-state index in [0.29, 0.717) is 6.04 Å². The fourth-order valence-electron chi connectivity index (χ4n) is 2.12. The van der Waals surface area contributed by atoms with E-state index in [1.54, 1.807) is 11.3 Å². The molecule has 0 aliphatic rings. The van der Waals surface area contributed by atoms with E-state index < -0.39 is 0 Å². The van der Waals surface area contributed by atoms with Gasteiger partial charge in [-0.15, -0.1) is 10.2 Å². The molecule has 0 saturated heterocycles. The smallest absolute Gasteiger partial charge is 0.218 e. The maximum absolute atomic E-state index is 4.47. The average molecular weight is 301 g/mol. The zero-order chi connectivity index (χ0) is 15.0. The highest BCUT2D eigenvalue weighted by atomic mass is 32.1. The number of fused-ring (bicyclic) bond motifs is 1. The molecular formula is C15H19N5S. The highest BCUT2D eigenvalue weighted by Crippen LogP contribution is 2.23. The van der Waals surface area contributed by atoms with Crippen molar-refractivity contribution < 1.29 is 0 Å². The van der Waals surface area contributed by atoms with Crippen molar-refractivity contribution in [3.05, 3.63) is 34.6 Å². The van der Waals surface area contributed by atoms with Gasteiger partial charge in [0.2, 0.25) is 5.13 Å². The molecule has 3 aromatic rings. The Morgan fingerprint density at radius 3 is 2.71 bits per heavy atom. The van der Waals surface area contributed by atoms with Crippen molar-refractivity contribution in [3.8, 4) is 5.13 Å². The molecule has 2 aromatic heterocycles. The highest BCUT2D eigenvalue weighted by molar-refractivity contribution is 7.13. The van der Waals surface area contributed by atoms with Gasteiger partial charge >= 0.3 is 0 Å². The molecule has 0 spiro atoms. The topological polar surface area (TPSA) is 55.6 Å². The van der Waals surface area contributed by atoms with Crippen LogP contribution in [0.25, 0.3) is 16.2 Å². The van der Waals surface area contributed by atoms with Crippen LogP contribution in [0.1, 0.15) is 30.0 Å². The second kappa shape index (κ2) is 5.54. The Morgan fingerprint density at radius 1 is 1.19 bits per heavy atom. The number of imidazole rings is 1. The van der Waals surface area contributed by atoms with E-state index in [-0.39, 0.29) is 0 Å². The molecule has 21 heavy (non-hydrogen) atoms. The van der Waals surface area contributed by atoms with Gasteiger partial charge in [-0.05, 0) is 37.1 Å². The van der Waals surface area contributed by atoms with E-state index in [1.807, 2.05) is 10.9 Å². The van der Waals surface area contributed by atoms with Crippen LogP contribution in [0, 0.1) is 13.8 Å². The number of nitrogens with zero attached hydrogens (tertiary/aromatic N) is 4. The first kappa shape index (κ1) is 14.2. The van der Waals surface area contributed by atoms with Gasteiger partial charge in [-0.1, -0.05) is 25.2 Å². The molecule has 2 heterocycles. The first-order valence-corrected chi connectivity index (χ1v) is 7.86. The number of rotatable bonds is 4. The second-order valence-electron chi connectivity index (χ2n) is 5.55. The number of hydrogen-bond acceptors (Lipinski definition) is 5. The zero-order valence-electron chi connectivity index (χ0n) is 12.7. The van der Waals surface area contributed by atoms with Crippen LogP contribution in [0.2, 0.25) is 0 Å². The summed E-state index contributed by atoms with van der Waals surface area (Å²) in [5.74, 6) is 0. The first-order chi connectivity index (χ1) is 10.0. The van der Waals surface area contributed by atoms with Gasteiger partial charge in [0.05, 0.1) is 11.0 Å². The predicted molar refractivity (Wildman–Crippen MR) is 86.0 cm³/mol. The molecule has 1 aromatic carbocycles. The lowest BCUT2D eigenvalue weighted by Gasteiger charge is -2.04. The maximum atomic E-state index is 4.47. The van der Waals surface area contributed by atoms with Gasteiger partial charge in [0.1, 0.15) is 11.3 Å². The Bertz CT molecular complexity index is 772. The summed E-state index contributed by atoms with van der Waals surface area (Å²) in [5, 5.41) is 13.7. The van der Waals surface area contributed by atoms with Crippen LogP contribution >= 0.6 is 11.3 Å². The first-order valence-electron chi connectivity index (χ1n) is 7.05. The summed E-state index contributed by atoms with van der Waals surface area (Å²) in [7, 11) is 0. The van der Waals surface area contributed by atoms with Crippen molar-refractivity contribution in [2.24, 2.45) is 0 Å². The fourth-order valence-corrected chi connectivity index (χ4v) is 2.89. The van der Waals surface area contributed by atoms with Gasteiger partial charge in [0.25, 0.3) is 0 Å². The molecule has 0 aliphatic heterocycles. The number of nitrogens with one attached hydrogen (secondary N) is 1. The quantitative estimate of drug-likeness (QED) is 0.805. The Hall–Kier alpha value is -1.79. The summed E-state index contributed by atoms with van der Waals surface area (Å²) in [6.07, 6.45) is 1.82. The highest BCUT2D eigenvalue weighted by Gasteiger charge is 2.11. The molecule has 0 amide bonds. The van der Waals surface area contributed by atoms with Crippen LogP contribution in [0.4, 0.5) is 0 Å². The maximum Gasteiger partial charge on any atom is 0.218 e. The third-order valence-corrected chi connectivity index (χ3v) is 4.41. The normalized spacial score (nSPS) is 11.7. The minimum atomic E-state index is 0.442. The lowest BCUT2D eigenvalue weighted by Crippen LogP contribution is -2.21. The van der Waals surface area contributed by atoms with Crippen LogP contribution in [0.5, 0.6) is 0 Å². The average Bonchev–Trinajstić information content (AvgIpc) is 3.03. The van der Waals surface area contributed by atoms with Gasteiger partial charge in [-0.3, -0.25) is 4.57 Å². The summed E-state index contributed by atoms with van der Waals surface area (Å²) in [6.45, 7) is 9.21. The molecular weight excluding hydrogens is 282 g/mol. The molecule has 0 saturated carbocycles. The molecule has 110 valence electrons. The number of hydrogen-bond donors (Lipinski definition) is 1. The molecule has 0 bridgehead atoms. The minimum absolute atomic E-state index is 0.442. The molecule has 6 heteroatoms. The molecule has 0 radical (unpaired) electrons. The summed E-state index contributed by atoms with van der Waals surface area (Å²) in [6, 6.07) is 4.71. The van der Waals surface area contributed by atoms with Crippen LogP contribution in [-0.2, 0) is 6.54 Å². The third-order valence-electron chi connectivity index (χ3n) is 3.49. The summed E-state index contributed by atoms with van der Waals surface area (Å²) in [5.41, 5.74) is 4.59. The SMILES string of the molecule is Cc1cc2ncn(-c3nnc(CNC(C)C)s3)c2cc1C. The van der Waals surface area contributed by atoms with Crippen molar-refractivity contribution in [2.45, 2.75) is 40.3 Å². The Morgan fingerprint density at radius 2 is 1.95 bits per heavy atom. The monoisotopic (exact) mass is 301 g/mol. The molecule has 1 N–H and O–H groups in total. The molecule has 0 atom stereocenters. The molecule has 5 nitrogen and oxygen atoms in total. The van der Waals surface area contributed by atoms with Crippen molar-refractivity contribution in [1.29, 1.82) is 0 Å². The Labute approximate surface area is 128 Å². The number of benzene rings is 1. The zero-order valence-corrected chi connectivity index (χ0v) is 13.5. The Balaban J connectivity index is 1.95. The van der Waals surface area contributed by atoms with Gasteiger partial charge < -0.3 is 5.32 Å². The van der Waals surface area contributed by atoms with Crippen molar-refractivity contribution in [1.82, 2.24) is 25.1 Å². The number of aromatic nitrogens is 4. The van der Waals surface area contributed by atoms with Gasteiger partial charge in [-0.2, -0.15) is 0 Å². The van der Waals surface area contributed by atoms with E-state index in [2.05, 4.69) is 60.3 Å².